The van der Waals surface area contributed by atoms with Gasteiger partial charge in [-0.1, -0.05) is 24.3 Å². The minimum absolute atomic E-state index is 0.803. The fourth-order valence-corrected chi connectivity index (χ4v) is 2.34. The molecule has 0 bridgehead atoms. The van der Waals surface area contributed by atoms with Gasteiger partial charge in [-0.15, -0.1) is 0 Å². The molecule has 2 heterocycles. The molecular formula is C17H18N4. The Hall–Kier alpha value is -2.49. The molecule has 4 nitrogen and oxygen atoms in total. The fourth-order valence-electron chi connectivity index (χ4n) is 2.34. The molecule has 0 N–H and O–H groups in total. The Labute approximate surface area is 124 Å². The van der Waals surface area contributed by atoms with Crippen LogP contribution in [0.15, 0.2) is 55.2 Å². The van der Waals surface area contributed by atoms with Gasteiger partial charge in [0.25, 0.3) is 0 Å². The lowest BCUT2D eigenvalue weighted by Gasteiger charge is -2.05. The number of aromatic nitrogens is 4. The molecule has 1 aromatic carbocycles. The number of hydrogen-bond acceptors (Lipinski definition) is 3. The van der Waals surface area contributed by atoms with Crippen molar-refractivity contribution in [2.24, 2.45) is 0 Å². The highest BCUT2D eigenvalue weighted by molar-refractivity contribution is 5.58. The van der Waals surface area contributed by atoms with E-state index in [1.807, 2.05) is 31.7 Å². The molecule has 0 aliphatic rings. The molecule has 4 heteroatoms. The van der Waals surface area contributed by atoms with Crippen molar-refractivity contribution in [3.8, 4) is 11.3 Å². The molecule has 0 atom stereocenters. The van der Waals surface area contributed by atoms with E-state index in [-0.39, 0.29) is 0 Å². The molecule has 0 saturated heterocycles. The average molecular weight is 278 g/mol. The molecule has 0 amide bonds. The van der Waals surface area contributed by atoms with Crippen molar-refractivity contribution in [1.82, 2.24) is 19.5 Å². The van der Waals surface area contributed by atoms with Gasteiger partial charge in [0.05, 0.1) is 12.0 Å². The maximum absolute atomic E-state index is 4.45. The summed E-state index contributed by atoms with van der Waals surface area (Å²) in [5.41, 5.74) is 3.47. The number of nitrogens with zero attached hydrogens (tertiary/aromatic N) is 4. The van der Waals surface area contributed by atoms with Gasteiger partial charge in [0.15, 0.2) is 0 Å². The Morgan fingerprint density at radius 1 is 1.05 bits per heavy atom. The van der Waals surface area contributed by atoms with Crippen LogP contribution >= 0.6 is 0 Å². The van der Waals surface area contributed by atoms with Gasteiger partial charge in [-0.25, -0.2) is 15.0 Å². The van der Waals surface area contributed by atoms with Crippen LogP contribution in [0.3, 0.4) is 0 Å². The summed E-state index contributed by atoms with van der Waals surface area (Å²) < 4.78 is 2.11. The molecule has 3 aromatic rings. The predicted molar refractivity (Wildman–Crippen MR) is 82.8 cm³/mol. The molecule has 0 spiro atoms. The standard InChI is InChI=1S/C17H18N4/c1-14-19-9-8-17(20-14)16-6-4-15(5-7-16)3-2-11-21-12-10-18-13-21/h4-10,12-13H,2-3,11H2,1H3. The van der Waals surface area contributed by atoms with Gasteiger partial charge >= 0.3 is 0 Å². The van der Waals surface area contributed by atoms with Gasteiger partial charge in [0.1, 0.15) is 5.82 Å². The molecule has 106 valence electrons. The number of rotatable bonds is 5. The van der Waals surface area contributed by atoms with E-state index < -0.39 is 0 Å². The van der Waals surface area contributed by atoms with Gasteiger partial charge in [-0.2, -0.15) is 0 Å². The van der Waals surface area contributed by atoms with Crippen molar-refractivity contribution in [2.75, 3.05) is 0 Å². The highest BCUT2D eigenvalue weighted by Gasteiger charge is 2.01. The van der Waals surface area contributed by atoms with Crippen LogP contribution < -0.4 is 0 Å². The zero-order valence-corrected chi connectivity index (χ0v) is 12.1. The van der Waals surface area contributed by atoms with Crippen molar-refractivity contribution >= 4 is 0 Å². The van der Waals surface area contributed by atoms with E-state index in [0.717, 1.165) is 36.5 Å². The summed E-state index contributed by atoms with van der Waals surface area (Å²) in [5, 5.41) is 0. The molecule has 0 saturated carbocycles. The van der Waals surface area contributed by atoms with Crippen LogP contribution in [0.5, 0.6) is 0 Å². The number of hydrogen-bond donors (Lipinski definition) is 0. The van der Waals surface area contributed by atoms with Crippen molar-refractivity contribution in [3.05, 3.63) is 66.6 Å². The van der Waals surface area contributed by atoms with Crippen molar-refractivity contribution in [1.29, 1.82) is 0 Å². The highest BCUT2D eigenvalue weighted by atomic mass is 15.0. The van der Waals surface area contributed by atoms with Gasteiger partial charge < -0.3 is 4.57 Å². The number of aryl methyl sites for hydroxylation is 3. The quantitative estimate of drug-likeness (QED) is 0.719. The number of imidazole rings is 1. The summed E-state index contributed by atoms with van der Waals surface area (Å²) in [6.45, 7) is 2.92. The Morgan fingerprint density at radius 3 is 2.62 bits per heavy atom. The molecule has 0 radical (unpaired) electrons. The number of benzene rings is 1. The first kappa shape index (κ1) is 13.5. The van der Waals surface area contributed by atoms with Crippen LogP contribution in [-0.4, -0.2) is 19.5 Å². The minimum atomic E-state index is 0.803. The summed E-state index contributed by atoms with van der Waals surface area (Å²) in [4.78, 5) is 12.6. The summed E-state index contributed by atoms with van der Waals surface area (Å²) in [5.74, 6) is 0.803. The van der Waals surface area contributed by atoms with Crippen LogP contribution in [0.1, 0.15) is 17.8 Å². The summed E-state index contributed by atoms with van der Waals surface area (Å²) in [6.07, 6.45) is 9.67. The van der Waals surface area contributed by atoms with Gasteiger partial charge in [0, 0.05) is 30.7 Å². The molecule has 3 rings (SSSR count). The molecule has 0 aliphatic carbocycles. The fraction of sp³-hybridized carbons (Fsp3) is 0.235. The van der Waals surface area contributed by atoms with Gasteiger partial charge in [0.2, 0.25) is 0 Å². The average Bonchev–Trinajstić information content (AvgIpc) is 3.01. The third-order valence-corrected chi connectivity index (χ3v) is 3.47. The van der Waals surface area contributed by atoms with E-state index >= 15 is 0 Å². The Bertz CT molecular complexity index is 687. The highest BCUT2D eigenvalue weighted by Crippen LogP contribution is 2.17. The van der Waals surface area contributed by atoms with Crippen molar-refractivity contribution in [2.45, 2.75) is 26.3 Å². The lowest BCUT2D eigenvalue weighted by atomic mass is 10.1. The van der Waals surface area contributed by atoms with Crippen LogP contribution in [0, 0.1) is 6.92 Å². The molecule has 0 fully saturated rings. The molecule has 0 aliphatic heterocycles. The van der Waals surface area contributed by atoms with Crippen molar-refractivity contribution < 1.29 is 0 Å². The maximum Gasteiger partial charge on any atom is 0.125 e. The van der Waals surface area contributed by atoms with E-state index in [1.54, 1.807) is 6.20 Å². The Balaban J connectivity index is 1.61. The summed E-state index contributed by atoms with van der Waals surface area (Å²) in [7, 11) is 0. The van der Waals surface area contributed by atoms with Crippen LogP contribution in [0.25, 0.3) is 11.3 Å². The normalized spacial score (nSPS) is 10.7. The second-order valence-corrected chi connectivity index (χ2v) is 5.09. The molecule has 0 unspecified atom stereocenters. The molecule has 2 aromatic heterocycles. The lowest BCUT2D eigenvalue weighted by molar-refractivity contribution is 0.642. The van der Waals surface area contributed by atoms with E-state index in [9.17, 15) is 0 Å². The van der Waals surface area contributed by atoms with Crippen molar-refractivity contribution in [3.63, 3.8) is 0 Å². The SMILES string of the molecule is Cc1nccc(-c2ccc(CCCn3ccnc3)cc2)n1. The Kier molecular flexibility index (Phi) is 4.05. The summed E-state index contributed by atoms with van der Waals surface area (Å²) >= 11 is 0. The first-order chi connectivity index (χ1) is 10.3. The zero-order chi connectivity index (χ0) is 14.5. The maximum atomic E-state index is 4.45. The van der Waals surface area contributed by atoms with Crippen LogP contribution in [-0.2, 0) is 13.0 Å². The summed E-state index contributed by atoms with van der Waals surface area (Å²) in [6, 6.07) is 10.6. The third kappa shape index (κ3) is 3.54. The van der Waals surface area contributed by atoms with Crippen LogP contribution in [0.2, 0.25) is 0 Å². The molecule has 21 heavy (non-hydrogen) atoms. The monoisotopic (exact) mass is 278 g/mol. The van der Waals surface area contributed by atoms with Gasteiger partial charge in [-0.3, -0.25) is 0 Å². The van der Waals surface area contributed by atoms with E-state index in [2.05, 4.69) is 43.8 Å². The minimum Gasteiger partial charge on any atom is -0.337 e. The predicted octanol–water partition coefficient (Wildman–Crippen LogP) is 3.28. The smallest absolute Gasteiger partial charge is 0.125 e. The second kappa shape index (κ2) is 6.31. The lowest BCUT2D eigenvalue weighted by Crippen LogP contribution is -1.96. The van der Waals surface area contributed by atoms with Crippen LogP contribution in [0.4, 0.5) is 0 Å². The largest absolute Gasteiger partial charge is 0.337 e. The Morgan fingerprint density at radius 2 is 1.90 bits per heavy atom. The van der Waals surface area contributed by atoms with Gasteiger partial charge in [-0.05, 0) is 31.4 Å². The van der Waals surface area contributed by atoms with E-state index in [4.69, 9.17) is 0 Å². The first-order valence-corrected chi connectivity index (χ1v) is 7.16. The zero-order valence-electron chi connectivity index (χ0n) is 12.1. The second-order valence-electron chi connectivity index (χ2n) is 5.09. The first-order valence-electron chi connectivity index (χ1n) is 7.16. The molecular weight excluding hydrogens is 260 g/mol. The third-order valence-electron chi connectivity index (χ3n) is 3.47. The van der Waals surface area contributed by atoms with E-state index in [1.165, 1.54) is 5.56 Å². The topological polar surface area (TPSA) is 43.6 Å². The van der Waals surface area contributed by atoms with E-state index in [0.29, 0.717) is 0 Å².